The summed E-state index contributed by atoms with van der Waals surface area (Å²) in [5, 5.41) is 9.47. The van der Waals surface area contributed by atoms with E-state index in [9.17, 15) is 5.11 Å². The van der Waals surface area contributed by atoms with Gasteiger partial charge in [0.05, 0.1) is 6.10 Å². The zero-order chi connectivity index (χ0) is 8.43. The third-order valence-electron chi connectivity index (χ3n) is 2.50. The smallest absolute Gasteiger partial charge is 0.0762 e. The minimum Gasteiger partial charge on any atom is -0.389 e. The van der Waals surface area contributed by atoms with Crippen molar-refractivity contribution in [2.24, 2.45) is 0 Å². The number of hydrogen-bond acceptors (Lipinski definition) is 2. The maximum atomic E-state index is 9.47. The van der Waals surface area contributed by atoms with Crippen molar-refractivity contribution in [1.82, 2.24) is 4.90 Å². The average molecular weight is 155 g/mol. The van der Waals surface area contributed by atoms with Gasteiger partial charge in [-0.05, 0) is 38.9 Å². The minimum absolute atomic E-state index is 0.267. The van der Waals surface area contributed by atoms with Crippen molar-refractivity contribution >= 4 is 0 Å². The number of nitrogens with zero attached hydrogens (tertiary/aromatic N) is 1. The van der Waals surface area contributed by atoms with E-state index in [1.54, 1.807) is 0 Å². The Balaban J connectivity index is 2.46. The van der Waals surface area contributed by atoms with Crippen molar-refractivity contribution in [1.29, 1.82) is 0 Å². The molecular weight excluding hydrogens is 138 g/mol. The number of aliphatic hydroxyl groups is 1. The van der Waals surface area contributed by atoms with E-state index in [1.807, 2.05) is 0 Å². The first-order chi connectivity index (χ1) is 5.11. The Labute approximate surface area is 68.5 Å². The number of aliphatic hydroxyl groups excluding tert-OH is 1. The summed E-state index contributed by atoms with van der Waals surface area (Å²) in [6.07, 6.45) is 2.70. The first kappa shape index (κ1) is 8.75. The van der Waals surface area contributed by atoms with Crippen molar-refractivity contribution in [2.75, 3.05) is 14.1 Å². The van der Waals surface area contributed by atoms with Crippen molar-refractivity contribution in [3.8, 4) is 0 Å². The Hall–Kier alpha value is -0.340. The number of rotatable bonds is 1. The highest BCUT2D eigenvalue weighted by atomic mass is 16.3. The van der Waals surface area contributed by atoms with E-state index in [0.717, 1.165) is 24.8 Å². The van der Waals surface area contributed by atoms with E-state index < -0.39 is 0 Å². The van der Waals surface area contributed by atoms with Crippen LogP contribution in [0.2, 0.25) is 0 Å². The van der Waals surface area contributed by atoms with Gasteiger partial charge in [-0.25, -0.2) is 0 Å². The molecule has 0 aliphatic heterocycles. The molecule has 1 rings (SSSR count). The first-order valence-corrected chi connectivity index (χ1v) is 4.13. The monoisotopic (exact) mass is 155 g/mol. The summed E-state index contributed by atoms with van der Waals surface area (Å²) in [4.78, 5) is 2.18. The van der Waals surface area contributed by atoms with Gasteiger partial charge >= 0.3 is 0 Å². The highest BCUT2D eigenvalue weighted by Gasteiger charge is 2.23. The summed E-state index contributed by atoms with van der Waals surface area (Å²) in [5.41, 5.74) is 1.00. The van der Waals surface area contributed by atoms with E-state index in [1.165, 1.54) is 0 Å². The van der Waals surface area contributed by atoms with Gasteiger partial charge in [0, 0.05) is 6.04 Å². The standard InChI is InChI=1S/C9H17NO/c1-7-4-5-8(10(2)3)6-9(7)11/h8-9,11H,1,4-6H2,2-3H3. The maximum Gasteiger partial charge on any atom is 0.0762 e. The molecule has 1 aliphatic carbocycles. The molecule has 0 amide bonds. The third-order valence-corrected chi connectivity index (χ3v) is 2.50. The van der Waals surface area contributed by atoms with Gasteiger partial charge in [-0.2, -0.15) is 0 Å². The van der Waals surface area contributed by atoms with Crippen LogP contribution in [0.4, 0.5) is 0 Å². The highest BCUT2D eigenvalue weighted by molar-refractivity contribution is 5.06. The van der Waals surface area contributed by atoms with Crippen LogP contribution in [-0.2, 0) is 0 Å². The molecule has 1 saturated carbocycles. The van der Waals surface area contributed by atoms with Crippen molar-refractivity contribution < 1.29 is 5.11 Å². The fourth-order valence-corrected chi connectivity index (χ4v) is 1.53. The van der Waals surface area contributed by atoms with E-state index in [2.05, 4.69) is 25.6 Å². The van der Waals surface area contributed by atoms with Gasteiger partial charge in [0.1, 0.15) is 0 Å². The highest BCUT2D eigenvalue weighted by Crippen LogP contribution is 2.24. The zero-order valence-electron chi connectivity index (χ0n) is 7.38. The van der Waals surface area contributed by atoms with Crippen LogP contribution in [0.15, 0.2) is 12.2 Å². The second-order valence-corrected chi connectivity index (χ2v) is 3.57. The third kappa shape index (κ3) is 2.04. The summed E-state index contributed by atoms with van der Waals surface area (Å²) in [6.45, 7) is 3.82. The van der Waals surface area contributed by atoms with Crippen LogP contribution in [0.3, 0.4) is 0 Å². The zero-order valence-corrected chi connectivity index (χ0v) is 7.38. The molecule has 1 aliphatic rings. The number of hydrogen-bond donors (Lipinski definition) is 1. The quantitative estimate of drug-likeness (QED) is 0.571. The van der Waals surface area contributed by atoms with Crippen LogP contribution >= 0.6 is 0 Å². The topological polar surface area (TPSA) is 23.5 Å². The molecule has 2 heteroatoms. The Morgan fingerprint density at radius 3 is 2.64 bits per heavy atom. The van der Waals surface area contributed by atoms with Gasteiger partial charge in [0.15, 0.2) is 0 Å². The molecule has 2 nitrogen and oxygen atoms in total. The first-order valence-electron chi connectivity index (χ1n) is 4.13. The predicted octanol–water partition coefficient (Wildman–Crippen LogP) is 1.02. The molecule has 0 radical (unpaired) electrons. The molecule has 0 heterocycles. The van der Waals surface area contributed by atoms with Gasteiger partial charge < -0.3 is 10.0 Å². The van der Waals surface area contributed by atoms with Gasteiger partial charge in [-0.3, -0.25) is 0 Å². The fourth-order valence-electron chi connectivity index (χ4n) is 1.53. The Kier molecular flexibility index (Phi) is 2.68. The van der Waals surface area contributed by atoms with E-state index >= 15 is 0 Å². The SMILES string of the molecule is C=C1CCC(N(C)C)CC1O. The summed E-state index contributed by atoms with van der Waals surface area (Å²) in [5.74, 6) is 0. The van der Waals surface area contributed by atoms with E-state index in [-0.39, 0.29) is 6.10 Å². The van der Waals surface area contributed by atoms with Crippen LogP contribution in [0, 0.1) is 0 Å². The van der Waals surface area contributed by atoms with Crippen LogP contribution in [0.5, 0.6) is 0 Å². The van der Waals surface area contributed by atoms with Crippen molar-refractivity contribution in [3.05, 3.63) is 12.2 Å². The van der Waals surface area contributed by atoms with Gasteiger partial charge in [-0.1, -0.05) is 6.58 Å². The van der Waals surface area contributed by atoms with Gasteiger partial charge in [0.25, 0.3) is 0 Å². The van der Waals surface area contributed by atoms with Crippen LogP contribution in [0.1, 0.15) is 19.3 Å². The molecule has 64 valence electrons. The van der Waals surface area contributed by atoms with E-state index in [4.69, 9.17) is 0 Å². The normalized spacial score (nSPS) is 32.9. The Bertz CT molecular complexity index is 154. The summed E-state index contributed by atoms with van der Waals surface area (Å²) >= 11 is 0. The van der Waals surface area contributed by atoms with Crippen molar-refractivity contribution in [3.63, 3.8) is 0 Å². The van der Waals surface area contributed by atoms with Crippen LogP contribution in [-0.4, -0.2) is 36.2 Å². The van der Waals surface area contributed by atoms with E-state index in [0.29, 0.717) is 6.04 Å². The maximum absolute atomic E-state index is 9.47. The molecule has 0 saturated heterocycles. The lowest BCUT2D eigenvalue weighted by atomic mass is 9.89. The van der Waals surface area contributed by atoms with Gasteiger partial charge in [0.2, 0.25) is 0 Å². The molecule has 0 bridgehead atoms. The molecule has 0 aromatic carbocycles. The lowest BCUT2D eigenvalue weighted by Gasteiger charge is -2.32. The fraction of sp³-hybridized carbons (Fsp3) is 0.778. The second-order valence-electron chi connectivity index (χ2n) is 3.57. The lowest BCUT2D eigenvalue weighted by molar-refractivity contribution is 0.122. The van der Waals surface area contributed by atoms with Crippen molar-refractivity contribution in [2.45, 2.75) is 31.4 Å². The molecule has 1 N–H and O–H groups in total. The second kappa shape index (κ2) is 3.37. The van der Waals surface area contributed by atoms with Crippen LogP contribution < -0.4 is 0 Å². The molecule has 1 fully saturated rings. The predicted molar refractivity (Wildman–Crippen MR) is 46.5 cm³/mol. The average Bonchev–Trinajstić information content (AvgIpc) is 1.94. The molecule has 0 aromatic heterocycles. The summed E-state index contributed by atoms with van der Waals surface area (Å²) < 4.78 is 0. The largest absolute Gasteiger partial charge is 0.389 e. The van der Waals surface area contributed by atoms with Gasteiger partial charge in [-0.15, -0.1) is 0 Å². The molecule has 0 aromatic rings. The summed E-state index contributed by atoms with van der Waals surface area (Å²) in [7, 11) is 4.12. The molecule has 11 heavy (non-hydrogen) atoms. The minimum atomic E-state index is -0.267. The molecule has 2 unspecified atom stereocenters. The molecular formula is C9H17NO. The summed E-state index contributed by atoms with van der Waals surface area (Å²) in [6, 6.07) is 0.537. The molecule has 2 atom stereocenters. The Morgan fingerprint density at radius 2 is 2.18 bits per heavy atom. The van der Waals surface area contributed by atoms with Crippen LogP contribution in [0.25, 0.3) is 0 Å². The Morgan fingerprint density at radius 1 is 1.55 bits per heavy atom. The molecule has 0 spiro atoms. The lowest BCUT2D eigenvalue weighted by Crippen LogP contribution is -2.35.